The van der Waals surface area contributed by atoms with E-state index in [2.05, 4.69) is 17.1 Å². The third kappa shape index (κ3) is 2.98. The number of hydrogen-bond acceptors (Lipinski definition) is 3. The minimum Gasteiger partial charge on any atom is -0.480 e. The number of aliphatic carboxylic acids is 1. The van der Waals surface area contributed by atoms with Gasteiger partial charge in [0, 0.05) is 19.1 Å². The molecule has 0 bridgehead atoms. The van der Waals surface area contributed by atoms with Crippen LogP contribution in [0.1, 0.15) is 58.3 Å². The molecular formula is C17H30N2O2. The van der Waals surface area contributed by atoms with Crippen molar-refractivity contribution in [3.05, 3.63) is 0 Å². The van der Waals surface area contributed by atoms with Gasteiger partial charge in [0.25, 0.3) is 0 Å². The molecule has 0 spiro atoms. The summed E-state index contributed by atoms with van der Waals surface area (Å²) in [5.74, 6) is 1.16. The maximum Gasteiger partial charge on any atom is 0.323 e. The monoisotopic (exact) mass is 294 g/mol. The molecule has 1 saturated heterocycles. The number of rotatable bonds is 5. The number of carboxylic acids is 1. The van der Waals surface area contributed by atoms with E-state index in [0.29, 0.717) is 6.04 Å². The van der Waals surface area contributed by atoms with Gasteiger partial charge in [0.1, 0.15) is 5.54 Å². The Balaban J connectivity index is 1.65. The molecule has 0 amide bonds. The van der Waals surface area contributed by atoms with Crippen molar-refractivity contribution in [1.82, 2.24) is 10.2 Å². The smallest absolute Gasteiger partial charge is 0.323 e. The van der Waals surface area contributed by atoms with Gasteiger partial charge >= 0.3 is 5.97 Å². The van der Waals surface area contributed by atoms with Gasteiger partial charge in [-0.25, -0.2) is 0 Å². The summed E-state index contributed by atoms with van der Waals surface area (Å²) in [5, 5.41) is 13.1. The summed E-state index contributed by atoms with van der Waals surface area (Å²) in [5.41, 5.74) is -0.670. The van der Waals surface area contributed by atoms with E-state index >= 15 is 0 Å². The highest BCUT2D eigenvalue weighted by atomic mass is 16.4. The van der Waals surface area contributed by atoms with Crippen molar-refractivity contribution in [1.29, 1.82) is 0 Å². The number of carbonyl (C=O) groups is 1. The molecule has 0 radical (unpaired) electrons. The van der Waals surface area contributed by atoms with E-state index in [0.717, 1.165) is 44.1 Å². The Morgan fingerprint density at radius 1 is 1.24 bits per heavy atom. The number of nitrogens with one attached hydrogen (secondary N) is 1. The van der Waals surface area contributed by atoms with Crippen molar-refractivity contribution in [3.8, 4) is 0 Å². The lowest BCUT2D eigenvalue weighted by Gasteiger charge is -2.42. The normalized spacial score (nSPS) is 40.3. The van der Waals surface area contributed by atoms with E-state index in [1.54, 1.807) is 0 Å². The first-order valence-corrected chi connectivity index (χ1v) is 8.87. The van der Waals surface area contributed by atoms with Crippen LogP contribution >= 0.6 is 0 Å². The lowest BCUT2D eigenvalue weighted by atomic mass is 9.78. The van der Waals surface area contributed by atoms with Gasteiger partial charge in [0.2, 0.25) is 0 Å². The first-order valence-electron chi connectivity index (χ1n) is 8.87. The van der Waals surface area contributed by atoms with Crippen LogP contribution in [-0.2, 0) is 4.79 Å². The summed E-state index contributed by atoms with van der Waals surface area (Å²) < 4.78 is 0. The Bertz CT molecular complexity index is 375. The molecule has 2 aliphatic carbocycles. The fraction of sp³-hybridized carbons (Fsp3) is 0.941. The Kier molecular flexibility index (Phi) is 4.55. The predicted octanol–water partition coefficient (Wildman–Crippen LogP) is 2.48. The van der Waals surface area contributed by atoms with E-state index in [1.807, 2.05) is 0 Å². The van der Waals surface area contributed by atoms with Gasteiger partial charge in [0.05, 0.1) is 0 Å². The molecule has 4 heteroatoms. The van der Waals surface area contributed by atoms with Crippen molar-refractivity contribution < 1.29 is 9.90 Å². The molecule has 0 aromatic carbocycles. The Morgan fingerprint density at radius 3 is 2.57 bits per heavy atom. The zero-order chi connectivity index (χ0) is 14.9. The number of likely N-dealkylation sites (tertiary alicyclic amines) is 1. The Hall–Kier alpha value is -0.610. The van der Waals surface area contributed by atoms with Crippen LogP contribution in [0.4, 0.5) is 0 Å². The second kappa shape index (κ2) is 6.25. The summed E-state index contributed by atoms with van der Waals surface area (Å²) in [6, 6.07) is 0.477. The lowest BCUT2D eigenvalue weighted by molar-refractivity contribution is -0.147. The molecule has 4 atom stereocenters. The maximum atomic E-state index is 11.9. The van der Waals surface area contributed by atoms with Crippen LogP contribution < -0.4 is 5.32 Å². The molecule has 4 nitrogen and oxygen atoms in total. The van der Waals surface area contributed by atoms with E-state index < -0.39 is 11.5 Å². The summed E-state index contributed by atoms with van der Waals surface area (Å²) in [6.07, 6.45) is 9.00. The second-order valence-electron chi connectivity index (χ2n) is 7.47. The molecule has 3 fully saturated rings. The number of nitrogens with zero attached hydrogens (tertiary/aromatic N) is 1. The minimum absolute atomic E-state index is 0.477. The van der Waals surface area contributed by atoms with Crippen molar-refractivity contribution in [2.75, 3.05) is 19.6 Å². The maximum absolute atomic E-state index is 11.9. The van der Waals surface area contributed by atoms with Crippen LogP contribution in [0.2, 0.25) is 0 Å². The Labute approximate surface area is 128 Å². The van der Waals surface area contributed by atoms with Crippen molar-refractivity contribution in [2.45, 2.75) is 69.9 Å². The van der Waals surface area contributed by atoms with Crippen LogP contribution in [0.25, 0.3) is 0 Å². The zero-order valence-corrected chi connectivity index (χ0v) is 13.3. The summed E-state index contributed by atoms with van der Waals surface area (Å²) in [6.45, 7) is 5.35. The van der Waals surface area contributed by atoms with Crippen molar-refractivity contribution >= 4 is 5.97 Å². The van der Waals surface area contributed by atoms with Crippen molar-refractivity contribution in [3.63, 3.8) is 0 Å². The average molecular weight is 294 g/mol. The van der Waals surface area contributed by atoms with Gasteiger partial charge in [-0.05, 0) is 63.3 Å². The highest BCUT2D eigenvalue weighted by Gasteiger charge is 2.46. The summed E-state index contributed by atoms with van der Waals surface area (Å²) in [4.78, 5) is 14.5. The molecule has 120 valence electrons. The number of carboxylic acid groups (broad SMARTS) is 1. The van der Waals surface area contributed by atoms with Crippen LogP contribution in [0, 0.1) is 11.8 Å². The van der Waals surface area contributed by atoms with Crippen molar-refractivity contribution in [2.24, 2.45) is 11.8 Å². The molecule has 1 aliphatic heterocycles. The molecule has 2 saturated carbocycles. The SMILES string of the molecule is CCCNC1(C(=O)O)CCCC(N2CC3CCCC3C2)C1. The third-order valence-electron chi connectivity index (χ3n) is 6.12. The molecule has 4 unspecified atom stereocenters. The van der Waals surface area contributed by atoms with Gasteiger partial charge in [-0.15, -0.1) is 0 Å². The van der Waals surface area contributed by atoms with Gasteiger partial charge < -0.3 is 10.4 Å². The minimum atomic E-state index is -0.670. The first-order chi connectivity index (χ1) is 10.1. The molecule has 3 aliphatic rings. The first kappa shape index (κ1) is 15.3. The Morgan fingerprint density at radius 2 is 1.95 bits per heavy atom. The van der Waals surface area contributed by atoms with E-state index in [-0.39, 0.29) is 0 Å². The lowest BCUT2D eigenvalue weighted by Crippen LogP contribution is -2.58. The van der Waals surface area contributed by atoms with Gasteiger partial charge in [-0.2, -0.15) is 0 Å². The van der Waals surface area contributed by atoms with E-state index in [9.17, 15) is 9.90 Å². The molecular weight excluding hydrogens is 264 g/mol. The highest BCUT2D eigenvalue weighted by molar-refractivity contribution is 5.79. The standard InChI is InChI=1S/C17H30N2O2/c1-2-9-18-17(16(20)21)8-4-7-15(10-17)19-11-13-5-3-6-14(13)12-19/h13-15,18H,2-12H2,1H3,(H,20,21). The summed E-state index contributed by atoms with van der Waals surface area (Å²) >= 11 is 0. The molecule has 0 aromatic heterocycles. The van der Waals surface area contributed by atoms with Crippen LogP contribution in [-0.4, -0.2) is 47.2 Å². The molecule has 1 heterocycles. The topological polar surface area (TPSA) is 52.6 Å². The highest BCUT2D eigenvalue weighted by Crippen LogP contribution is 2.41. The quantitative estimate of drug-likeness (QED) is 0.818. The molecule has 2 N–H and O–H groups in total. The van der Waals surface area contributed by atoms with Crippen LogP contribution in [0.15, 0.2) is 0 Å². The average Bonchev–Trinajstić information content (AvgIpc) is 3.06. The van der Waals surface area contributed by atoms with Gasteiger partial charge in [-0.3, -0.25) is 9.69 Å². The molecule has 3 rings (SSSR count). The van der Waals surface area contributed by atoms with E-state index in [4.69, 9.17) is 0 Å². The predicted molar refractivity (Wildman–Crippen MR) is 83.3 cm³/mol. The number of fused-ring (bicyclic) bond motifs is 1. The number of hydrogen-bond donors (Lipinski definition) is 2. The summed E-state index contributed by atoms with van der Waals surface area (Å²) in [7, 11) is 0. The van der Waals surface area contributed by atoms with Gasteiger partial charge in [-0.1, -0.05) is 13.3 Å². The largest absolute Gasteiger partial charge is 0.480 e. The molecule has 0 aromatic rings. The van der Waals surface area contributed by atoms with E-state index in [1.165, 1.54) is 38.8 Å². The zero-order valence-electron chi connectivity index (χ0n) is 13.3. The van der Waals surface area contributed by atoms with Crippen LogP contribution in [0.3, 0.4) is 0 Å². The fourth-order valence-electron chi connectivity index (χ4n) is 4.92. The molecule has 21 heavy (non-hydrogen) atoms. The fourth-order valence-corrected chi connectivity index (χ4v) is 4.92. The van der Waals surface area contributed by atoms with Gasteiger partial charge in [0.15, 0.2) is 0 Å². The third-order valence-corrected chi connectivity index (χ3v) is 6.12. The second-order valence-corrected chi connectivity index (χ2v) is 7.47. The van der Waals surface area contributed by atoms with Crippen LogP contribution in [0.5, 0.6) is 0 Å².